The molecular formula is C13H13N3O2. The minimum absolute atomic E-state index is 0.0978. The molecule has 18 heavy (non-hydrogen) atoms. The molecule has 0 atom stereocenters. The monoisotopic (exact) mass is 243 g/mol. The van der Waals surface area contributed by atoms with E-state index in [1.165, 1.54) is 4.57 Å². The second-order valence-electron chi connectivity index (χ2n) is 3.96. The normalized spacial score (nSPS) is 10.1. The predicted molar refractivity (Wildman–Crippen MR) is 66.5 cm³/mol. The third-order valence-electron chi connectivity index (χ3n) is 2.77. The Balaban J connectivity index is 2.42. The van der Waals surface area contributed by atoms with Gasteiger partial charge in [0.15, 0.2) is 0 Å². The van der Waals surface area contributed by atoms with E-state index in [4.69, 9.17) is 10.00 Å². The van der Waals surface area contributed by atoms with Gasteiger partial charge in [0.2, 0.25) is 0 Å². The van der Waals surface area contributed by atoms with Crippen LogP contribution in [-0.2, 0) is 13.6 Å². The van der Waals surface area contributed by atoms with Gasteiger partial charge in [-0.05, 0) is 18.2 Å². The van der Waals surface area contributed by atoms with Crippen molar-refractivity contribution in [2.75, 3.05) is 7.11 Å². The molecule has 0 unspecified atom stereocenters. The lowest BCUT2D eigenvalue weighted by Gasteiger charge is -2.08. The zero-order valence-corrected chi connectivity index (χ0v) is 10.3. The van der Waals surface area contributed by atoms with Crippen LogP contribution < -0.4 is 10.4 Å². The molecule has 2 aromatic rings. The smallest absolute Gasteiger partial charge is 0.328 e. The Bertz CT molecular complexity index is 662. The summed E-state index contributed by atoms with van der Waals surface area (Å²) in [5, 5.41) is 8.89. The van der Waals surface area contributed by atoms with Crippen LogP contribution in [0.15, 0.2) is 35.4 Å². The van der Waals surface area contributed by atoms with Crippen LogP contribution in [-0.4, -0.2) is 16.2 Å². The van der Waals surface area contributed by atoms with Gasteiger partial charge in [0.25, 0.3) is 0 Å². The van der Waals surface area contributed by atoms with Crippen LogP contribution in [0.2, 0.25) is 0 Å². The van der Waals surface area contributed by atoms with E-state index in [1.807, 2.05) is 0 Å². The lowest BCUT2D eigenvalue weighted by atomic mass is 10.1. The van der Waals surface area contributed by atoms with Gasteiger partial charge in [0.05, 0.1) is 25.3 Å². The van der Waals surface area contributed by atoms with Crippen LogP contribution in [0.3, 0.4) is 0 Å². The fourth-order valence-corrected chi connectivity index (χ4v) is 1.79. The zero-order valence-electron chi connectivity index (χ0n) is 10.3. The summed E-state index contributed by atoms with van der Waals surface area (Å²) in [5.41, 5.74) is 1.26. The molecule has 1 heterocycles. The standard InChI is InChI=1S/C13H13N3O2/c1-15-5-6-16(13(15)17)9-11-7-10(8-14)3-4-12(11)18-2/h3-7H,9H2,1-2H3. The Kier molecular flexibility index (Phi) is 3.20. The Morgan fingerprint density at radius 1 is 1.39 bits per heavy atom. The van der Waals surface area contributed by atoms with Crippen LogP contribution in [0.25, 0.3) is 0 Å². The van der Waals surface area contributed by atoms with Gasteiger partial charge in [-0.15, -0.1) is 0 Å². The zero-order chi connectivity index (χ0) is 13.1. The van der Waals surface area contributed by atoms with Crippen molar-refractivity contribution < 1.29 is 4.74 Å². The first-order chi connectivity index (χ1) is 8.65. The summed E-state index contributed by atoms with van der Waals surface area (Å²) in [7, 11) is 3.26. The SMILES string of the molecule is COc1ccc(C#N)cc1Cn1ccn(C)c1=O. The number of rotatable bonds is 3. The summed E-state index contributed by atoms with van der Waals surface area (Å²) < 4.78 is 8.30. The fraction of sp³-hybridized carbons (Fsp3) is 0.231. The van der Waals surface area contributed by atoms with Gasteiger partial charge in [0, 0.05) is 25.0 Å². The highest BCUT2D eigenvalue weighted by molar-refractivity contribution is 5.42. The number of nitrogens with zero attached hydrogens (tertiary/aromatic N) is 3. The number of imidazole rings is 1. The van der Waals surface area contributed by atoms with E-state index < -0.39 is 0 Å². The van der Waals surface area contributed by atoms with Gasteiger partial charge in [-0.1, -0.05) is 0 Å². The highest BCUT2D eigenvalue weighted by atomic mass is 16.5. The van der Waals surface area contributed by atoms with Crippen LogP contribution in [0.5, 0.6) is 5.75 Å². The van der Waals surface area contributed by atoms with Crippen LogP contribution in [0.1, 0.15) is 11.1 Å². The highest BCUT2D eigenvalue weighted by Gasteiger charge is 2.07. The van der Waals surface area contributed by atoms with E-state index in [-0.39, 0.29) is 5.69 Å². The number of hydrogen-bond donors (Lipinski definition) is 0. The fourth-order valence-electron chi connectivity index (χ4n) is 1.79. The summed E-state index contributed by atoms with van der Waals surface area (Å²) >= 11 is 0. The molecule has 1 aromatic carbocycles. The van der Waals surface area contributed by atoms with Crippen molar-refractivity contribution in [3.63, 3.8) is 0 Å². The quantitative estimate of drug-likeness (QED) is 0.811. The summed E-state index contributed by atoms with van der Waals surface area (Å²) in [6, 6.07) is 7.24. The Morgan fingerprint density at radius 3 is 2.72 bits per heavy atom. The third-order valence-corrected chi connectivity index (χ3v) is 2.77. The topological polar surface area (TPSA) is 59.9 Å². The second kappa shape index (κ2) is 4.80. The van der Waals surface area contributed by atoms with E-state index in [2.05, 4.69) is 6.07 Å². The molecule has 5 heteroatoms. The predicted octanol–water partition coefficient (Wildman–Crippen LogP) is 1.12. The number of benzene rings is 1. The van der Waals surface area contributed by atoms with Crippen LogP contribution in [0.4, 0.5) is 0 Å². The average molecular weight is 243 g/mol. The van der Waals surface area contributed by atoms with Crippen molar-refractivity contribution in [1.29, 1.82) is 5.26 Å². The number of aromatic nitrogens is 2. The maximum absolute atomic E-state index is 11.7. The van der Waals surface area contributed by atoms with E-state index in [1.54, 1.807) is 49.3 Å². The first-order valence-electron chi connectivity index (χ1n) is 5.44. The number of ether oxygens (including phenoxy) is 1. The van der Waals surface area contributed by atoms with E-state index in [9.17, 15) is 4.79 Å². The second-order valence-corrected chi connectivity index (χ2v) is 3.96. The number of aryl methyl sites for hydroxylation is 1. The molecule has 0 N–H and O–H groups in total. The lowest BCUT2D eigenvalue weighted by Crippen LogP contribution is -2.22. The Hall–Kier alpha value is -2.48. The minimum Gasteiger partial charge on any atom is -0.496 e. The first-order valence-corrected chi connectivity index (χ1v) is 5.44. The van der Waals surface area contributed by atoms with Crippen molar-refractivity contribution in [3.05, 3.63) is 52.2 Å². The molecule has 0 radical (unpaired) electrons. The van der Waals surface area contributed by atoms with Gasteiger partial charge < -0.3 is 9.30 Å². The van der Waals surface area contributed by atoms with Gasteiger partial charge in [-0.3, -0.25) is 4.57 Å². The van der Waals surface area contributed by atoms with Gasteiger partial charge >= 0.3 is 5.69 Å². The Morgan fingerprint density at radius 2 is 2.17 bits per heavy atom. The molecule has 0 spiro atoms. The van der Waals surface area contributed by atoms with E-state index >= 15 is 0 Å². The van der Waals surface area contributed by atoms with Crippen molar-refractivity contribution in [2.45, 2.75) is 6.54 Å². The molecule has 0 aliphatic rings. The van der Waals surface area contributed by atoms with E-state index in [0.717, 1.165) is 5.56 Å². The molecule has 0 amide bonds. The van der Waals surface area contributed by atoms with Gasteiger partial charge in [-0.25, -0.2) is 4.79 Å². The summed E-state index contributed by atoms with van der Waals surface area (Å²) in [6.45, 7) is 0.387. The van der Waals surface area contributed by atoms with Gasteiger partial charge in [-0.2, -0.15) is 5.26 Å². The molecule has 0 aliphatic heterocycles. The highest BCUT2D eigenvalue weighted by Crippen LogP contribution is 2.20. The lowest BCUT2D eigenvalue weighted by molar-refractivity contribution is 0.408. The van der Waals surface area contributed by atoms with Crippen molar-refractivity contribution >= 4 is 0 Å². The molecule has 0 aliphatic carbocycles. The molecule has 2 rings (SSSR count). The molecule has 0 saturated heterocycles. The van der Waals surface area contributed by atoms with E-state index in [0.29, 0.717) is 17.9 Å². The van der Waals surface area contributed by atoms with Crippen molar-refractivity contribution in [3.8, 4) is 11.8 Å². The van der Waals surface area contributed by atoms with Crippen LogP contribution in [0, 0.1) is 11.3 Å². The minimum atomic E-state index is -0.0978. The third kappa shape index (κ3) is 2.13. The van der Waals surface area contributed by atoms with Crippen LogP contribution >= 0.6 is 0 Å². The number of nitriles is 1. The maximum Gasteiger partial charge on any atom is 0.328 e. The molecule has 92 valence electrons. The number of methoxy groups -OCH3 is 1. The first kappa shape index (κ1) is 12.0. The van der Waals surface area contributed by atoms with Gasteiger partial charge in [0.1, 0.15) is 5.75 Å². The van der Waals surface area contributed by atoms with Crippen molar-refractivity contribution in [2.24, 2.45) is 7.05 Å². The molecule has 0 bridgehead atoms. The molecular weight excluding hydrogens is 230 g/mol. The molecule has 0 saturated carbocycles. The molecule has 0 fully saturated rings. The summed E-state index contributed by atoms with van der Waals surface area (Å²) in [4.78, 5) is 11.7. The largest absolute Gasteiger partial charge is 0.496 e. The van der Waals surface area contributed by atoms with Crippen molar-refractivity contribution in [1.82, 2.24) is 9.13 Å². The maximum atomic E-state index is 11.7. The number of hydrogen-bond acceptors (Lipinski definition) is 3. The Labute approximate surface area is 104 Å². The summed E-state index contributed by atoms with van der Waals surface area (Å²) in [5.74, 6) is 0.671. The summed E-state index contributed by atoms with van der Waals surface area (Å²) in [6.07, 6.45) is 3.41. The molecule has 1 aromatic heterocycles. The average Bonchev–Trinajstić information content (AvgIpc) is 2.70. The molecule has 5 nitrogen and oxygen atoms in total.